The highest BCUT2D eigenvalue weighted by Crippen LogP contribution is 2.50. The van der Waals surface area contributed by atoms with Gasteiger partial charge in [0.15, 0.2) is 0 Å². The third-order valence-corrected chi connectivity index (χ3v) is 21.4. The standard InChI is InChI=1S/C67H60Si3/c1-68(2,3)63-37-34-49(46-24-13-16-27-52(46)63)60-41-59(45-23-19-22-44(40-45)43-20-11-10-12-21-43)55-30-31-57-61(50-35-38-64(69(4,5)6)53-28-17-14-25-47(50)53)42-62(58-33-32-56(60)66(55)67(57)58)51-36-39-65(70(7,8)9)54-29-18-15-26-48(51)54/h10-42H,1-9H3. The molecule has 0 atom stereocenters. The van der Waals surface area contributed by atoms with Gasteiger partial charge in [-0.3, -0.25) is 0 Å². The smallest absolute Gasteiger partial charge is 0.0656 e. The van der Waals surface area contributed by atoms with Crippen LogP contribution in [0.2, 0.25) is 58.9 Å². The van der Waals surface area contributed by atoms with Crippen LogP contribution < -0.4 is 15.6 Å². The molecule has 0 fully saturated rings. The maximum Gasteiger partial charge on any atom is 0.0784 e. The first-order valence-corrected chi connectivity index (χ1v) is 35.7. The van der Waals surface area contributed by atoms with Crippen LogP contribution in [0.3, 0.4) is 0 Å². The second kappa shape index (κ2) is 16.3. The van der Waals surface area contributed by atoms with Gasteiger partial charge in [0.05, 0.1) is 24.2 Å². The second-order valence-corrected chi connectivity index (χ2v) is 37.9. The summed E-state index contributed by atoms with van der Waals surface area (Å²) in [5.74, 6) is 0. The molecule has 3 heteroatoms. The monoisotopic (exact) mass is 948 g/mol. The van der Waals surface area contributed by atoms with Gasteiger partial charge in [0.1, 0.15) is 0 Å². The predicted octanol–water partition coefficient (Wildman–Crippen LogP) is 18.0. The first kappa shape index (κ1) is 44.3. The van der Waals surface area contributed by atoms with E-state index in [4.69, 9.17) is 0 Å². The van der Waals surface area contributed by atoms with Crippen molar-refractivity contribution in [1.29, 1.82) is 0 Å². The Morgan fingerprint density at radius 1 is 0.200 bits per heavy atom. The molecule has 0 unspecified atom stereocenters. The van der Waals surface area contributed by atoms with Crippen molar-refractivity contribution in [3.8, 4) is 55.6 Å². The number of fused-ring (bicyclic) bond motifs is 3. The van der Waals surface area contributed by atoms with E-state index in [9.17, 15) is 0 Å². The lowest BCUT2D eigenvalue weighted by Gasteiger charge is -2.25. The summed E-state index contributed by atoms with van der Waals surface area (Å²) in [6.45, 7) is 22.3. The van der Waals surface area contributed by atoms with Crippen molar-refractivity contribution in [2.24, 2.45) is 0 Å². The minimum Gasteiger partial charge on any atom is -0.0656 e. The second-order valence-electron chi connectivity index (χ2n) is 22.8. The van der Waals surface area contributed by atoms with Gasteiger partial charge in [-0.2, -0.15) is 0 Å². The molecular weight excluding hydrogens is 889 g/mol. The molecule has 0 aliphatic heterocycles. The SMILES string of the molecule is C[Si](C)(C)c1ccc(-c2cc(-c3cccc(-c4ccccc4)c3)c3ccc4c(-c5ccc([Si](C)(C)C)c6ccccc56)cc(-c5ccc([Si](C)(C)C)c6ccccc56)c5ccc2c3c45)c2ccccc12. The Bertz CT molecular complexity index is 3930. The van der Waals surface area contributed by atoms with Crippen LogP contribution in [0.15, 0.2) is 200 Å². The van der Waals surface area contributed by atoms with Crippen molar-refractivity contribution in [1.82, 2.24) is 0 Å². The van der Waals surface area contributed by atoms with E-state index in [-0.39, 0.29) is 0 Å². The number of rotatable bonds is 8. The molecule has 0 aliphatic rings. The first-order chi connectivity index (χ1) is 33.6. The van der Waals surface area contributed by atoms with Gasteiger partial charge in [-0.1, -0.05) is 256 Å². The first-order valence-electron chi connectivity index (χ1n) is 25.2. The topological polar surface area (TPSA) is 0 Å². The van der Waals surface area contributed by atoms with Gasteiger partial charge in [-0.05, 0) is 138 Å². The third kappa shape index (κ3) is 7.20. The van der Waals surface area contributed by atoms with Crippen molar-refractivity contribution < 1.29 is 0 Å². The van der Waals surface area contributed by atoms with E-state index in [1.54, 1.807) is 0 Å². The lowest BCUT2D eigenvalue weighted by Crippen LogP contribution is -2.38. The summed E-state index contributed by atoms with van der Waals surface area (Å²) < 4.78 is 0. The molecule has 12 rings (SSSR count). The average Bonchev–Trinajstić information content (AvgIpc) is 3.36. The van der Waals surface area contributed by atoms with Crippen molar-refractivity contribution in [3.63, 3.8) is 0 Å². The van der Waals surface area contributed by atoms with Gasteiger partial charge in [0, 0.05) is 0 Å². The Labute approximate surface area is 416 Å². The molecule has 0 aliphatic carbocycles. The van der Waals surface area contributed by atoms with E-state index in [1.807, 2.05) is 0 Å². The van der Waals surface area contributed by atoms with Crippen LogP contribution in [0.4, 0.5) is 0 Å². The van der Waals surface area contributed by atoms with Gasteiger partial charge in [0.25, 0.3) is 0 Å². The van der Waals surface area contributed by atoms with E-state index in [1.165, 1.54) is 136 Å². The molecule has 0 amide bonds. The van der Waals surface area contributed by atoms with E-state index in [0.29, 0.717) is 0 Å². The van der Waals surface area contributed by atoms with Gasteiger partial charge < -0.3 is 0 Å². The molecule has 340 valence electrons. The zero-order valence-electron chi connectivity index (χ0n) is 42.1. The lowest BCUT2D eigenvalue weighted by molar-refractivity contribution is 1.60. The molecule has 0 bridgehead atoms. The number of benzene rings is 12. The van der Waals surface area contributed by atoms with Crippen LogP contribution in [0.25, 0.3) is 120 Å². The summed E-state index contributed by atoms with van der Waals surface area (Å²) in [5.41, 5.74) is 12.7. The molecule has 70 heavy (non-hydrogen) atoms. The van der Waals surface area contributed by atoms with E-state index < -0.39 is 24.2 Å². The van der Waals surface area contributed by atoms with Crippen molar-refractivity contribution in [3.05, 3.63) is 200 Å². The van der Waals surface area contributed by atoms with Crippen LogP contribution in [0, 0.1) is 0 Å². The molecule has 0 nitrogen and oxygen atoms in total. The third-order valence-electron chi connectivity index (χ3n) is 15.2. The Kier molecular flexibility index (Phi) is 10.4. The maximum atomic E-state index is 2.56. The van der Waals surface area contributed by atoms with Crippen LogP contribution in [-0.4, -0.2) is 24.2 Å². The van der Waals surface area contributed by atoms with Crippen LogP contribution >= 0.6 is 0 Å². The Morgan fingerprint density at radius 2 is 0.514 bits per heavy atom. The molecule has 0 N–H and O–H groups in total. The van der Waals surface area contributed by atoms with Crippen molar-refractivity contribution in [2.45, 2.75) is 58.9 Å². The molecule has 0 radical (unpaired) electrons. The fourth-order valence-electron chi connectivity index (χ4n) is 12.0. The van der Waals surface area contributed by atoms with Gasteiger partial charge in [0.2, 0.25) is 0 Å². The minimum absolute atomic E-state index is 1.22. The van der Waals surface area contributed by atoms with Crippen LogP contribution in [0.5, 0.6) is 0 Å². The highest BCUT2D eigenvalue weighted by atomic mass is 28.3. The van der Waals surface area contributed by atoms with Gasteiger partial charge in [-0.25, -0.2) is 0 Å². The van der Waals surface area contributed by atoms with E-state index in [0.717, 1.165) is 0 Å². The molecule has 12 aromatic carbocycles. The molecule has 0 aromatic heterocycles. The fourth-order valence-corrected chi connectivity index (χ4v) is 16.8. The zero-order chi connectivity index (χ0) is 48.3. The van der Waals surface area contributed by atoms with E-state index in [2.05, 4.69) is 259 Å². The largest absolute Gasteiger partial charge is 0.0784 e. The molecule has 0 spiro atoms. The molecule has 0 heterocycles. The highest BCUT2D eigenvalue weighted by Gasteiger charge is 2.27. The average molecular weight is 949 g/mol. The van der Waals surface area contributed by atoms with Gasteiger partial charge >= 0.3 is 0 Å². The normalized spacial score (nSPS) is 12.6. The Balaban J connectivity index is 1.27. The van der Waals surface area contributed by atoms with Gasteiger partial charge in [-0.15, -0.1) is 0 Å². The quantitative estimate of drug-likeness (QED) is 0.105. The van der Waals surface area contributed by atoms with E-state index >= 15 is 0 Å². The Morgan fingerprint density at radius 3 is 0.900 bits per heavy atom. The summed E-state index contributed by atoms with van der Waals surface area (Å²) in [6, 6.07) is 77.3. The maximum absolute atomic E-state index is 2.56. The minimum atomic E-state index is -1.67. The van der Waals surface area contributed by atoms with Crippen LogP contribution in [-0.2, 0) is 0 Å². The van der Waals surface area contributed by atoms with Crippen molar-refractivity contribution in [2.75, 3.05) is 0 Å². The molecular formula is C67H60Si3. The highest BCUT2D eigenvalue weighted by molar-refractivity contribution is 6.91. The summed E-state index contributed by atoms with van der Waals surface area (Å²) in [6.07, 6.45) is 0. The fraction of sp³-hybridized carbons (Fsp3) is 0.134. The summed E-state index contributed by atoms with van der Waals surface area (Å²) in [4.78, 5) is 0. The summed E-state index contributed by atoms with van der Waals surface area (Å²) in [5, 5.41) is 20.5. The molecule has 0 saturated carbocycles. The van der Waals surface area contributed by atoms with Crippen molar-refractivity contribution >= 4 is 104 Å². The number of hydrogen-bond acceptors (Lipinski definition) is 0. The molecule has 12 aromatic rings. The molecule has 0 saturated heterocycles. The summed E-state index contributed by atoms with van der Waals surface area (Å²) in [7, 11) is -5.02. The Hall–Kier alpha value is -6.89. The predicted molar refractivity (Wildman–Crippen MR) is 319 cm³/mol. The summed E-state index contributed by atoms with van der Waals surface area (Å²) >= 11 is 0. The van der Waals surface area contributed by atoms with Crippen LogP contribution in [0.1, 0.15) is 0 Å². The zero-order valence-corrected chi connectivity index (χ0v) is 45.1. The lowest BCUT2D eigenvalue weighted by atomic mass is 9.80. The number of hydrogen-bond donors (Lipinski definition) is 0.